The van der Waals surface area contributed by atoms with Gasteiger partial charge in [0, 0.05) is 4.83 Å². The molecule has 0 spiro atoms. The number of alkyl halides is 1. The second-order valence-corrected chi connectivity index (χ2v) is 4.64. The van der Waals surface area contributed by atoms with Crippen molar-refractivity contribution in [1.29, 1.82) is 0 Å². The van der Waals surface area contributed by atoms with Crippen LogP contribution in [0.5, 0.6) is 0 Å². The molecule has 0 aliphatic heterocycles. The highest BCUT2D eigenvalue weighted by Crippen LogP contribution is 2.47. The highest BCUT2D eigenvalue weighted by molar-refractivity contribution is 9.09. The van der Waals surface area contributed by atoms with E-state index in [-0.39, 0.29) is 0 Å². The van der Waals surface area contributed by atoms with Crippen LogP contribution in [0.2, 0.25) is 0 Å². The van der Waals surface area contributed by atoms with Crippen molar-refractivity contribution in [2.24, 2.45) is 11.8 Å². The van der Waals surface area contributed by atoms with Gasteiger partial charge in [-0.1, -0.05) is 28.1 Å². The highest BCUT2D eigenvalue weighted by Gasteiger charge is 2.40. The lowest BCUT2D eigenvalue weighted by Gasteiger charge is -2.16. The Bertz CT molecular complexity index is 151. The summed E-state index contributed by atoms with van der Waals surface area (Å²) in [4.78, 5) is 0.865. The first-order chi connectivity index (χ1) is 4.88. The first kappa shape index (κ1) is 6.90. The maximum atomic E-state index is 3.66. The molecule has 3 unspecified atom stereocenters. The Morgan fingerprint density at radius 2 is 2.10 bits per heavy atom. The molecule has 1 heteroatoms. The zero-order chi connectivity index (χ0) is 6.97. The molecule has 1 saturated carbocycles. The molecule has 3 atom stereocenters. The Kier molecular flexibility index (Phi) is 1.86. The van der Waals surface area contributed by atoms with Gasteiger partial charge in [0.15, 0.2) is 0 Å². The van der Waals surface area contributed by atoms with Crippen LogP contribution in [0, 0.1) is 11.8 Å². The van der Waals surface area contributed by atoms with Crippen LogP contribution < -0.4 is 0 Å². The topological polar surface area (TPSA) is 0 Å². The van der Waals surface area contributed by atoms with Gasteiger partial charge >= 0.3 is 0 Å². The molecular weight excluding hydrogens is 188 g/mol. The standard InChI is InChI=1S/C9H13Br/c10-9-6-8(9)7-4-2-1-3-5-7/h1-2,7-9H,3-6H2. The Hall–Kier alpha value is 0.220. The lowest BCUT2D eigenvalue weighted by atomic mass is 9.90. The number of halogens is 1. The third kappa shape index (κ3) is 1.29. The number of hydrogen-bond acceptors (Lipinski definition) is 0. The van der Waals surface area contributed by atoms with E-state index in [9.17, 15) is 0 Å². The molecule has 1 fully saturated rings. The molecule has 0 aromatic rings. The average molecular weight is 201 g/mol. The summed E-state index contributed by atoms with van der Waals surface area (Å²) < 4.78 is 0. The van der Waals surface area contributed by atoms with E-state index in [1.165, 1.54) is 25.7 Å². The minimum atomic E-state index is 0.865. The molecule has 0 aromatic heterocycles. The smallest absolute Gasteiger partial charge is 0.0180 e. The third-order valence-corrected chi connectivity index (χ3v) is 3.73. The zero-order valence-corrected chi connectivity index (χ0v) is 7.68. The predicted molar refractivity (Wildman–Crippen MR) is 47.3 cm³/mol. The summed E-state index contributed by atoms with van der Waals surface area (Å²) in [6.07, 6.45) is 10.2. The summed E-state index contributed by atoms with van der Waals surface area (Å²) in [5.41, 5.74) is 0. The van der Waals surface area contributed by atoms with Crippen molar-refractivity contribution in [2.45, 2.75) is 30.5 Å². The van der Waals surface area contributed by atoms with Crippen LogP contribution in [0.4, 0.5) is 0 Å². The molecule has 0 N–H and O–H groups in total. The summed E-state index contributed by atoms with van der Waals surface area (Å²) in [6.45, 7) is 0. The average Bonchev–Trinajstić information content (AvgIpc) is 2.69. The van der Waals surface area contributed by atoms with E-state index < -0.39 is 0 Å². The molecule has 10 heavy (non-hydrogen) atoms. The highest BCUT2D eigenvalue weighted by atomic mass is 79.9. The molecule has 0 radical (unpaired) electrons. The second kappa shape index (κ2) is 2.69. The van der Waals surface area contributed by atoms with Gasteiger partial charge in [-0.3, -0.25) is 0 Å². The van der Waals surface area contributed by atoms with Crippen molar-refractivity contribution >= 4 is 15.9 Å². The van der Waals surface area contributed by atoms with Crippen molar-refractivity contribution < 1.29 is 0 Å². The normalized spacial score (nSPS) is 45.5. The largest absolute Gasteiger partial charge is 0.0887 e. The molecule has 56 valence electrons. The van der Waals surface area contributed by atoms with Crippen molar-refractivity contribution in [2.75, 3.05) is 0 Å². The Morgan fingerprint density at radius 3 is 2.60 bits per heavy atom. The van der Waals surface area contributed by atoms with E-state index in [1.54, 1.807) is 0 Å². The fourth-order valence-corrected chi connectivity index (χ4v) is 2.74. The van der Waals surface area contributed by atoms with E-state index in [0.29, 0.717) is 0 Å². The summed E-state index contributed by atoms with van der Waals surface area (Å²) in [5, 5.41) is 0. The minimum Gasteiger partial charge on any atom is -0.0887 e. The minimum absolute atomic E-state index is 0.865. The van der Waals surface area contributed by atoms with Gasteiger partial charge in [0.05, 0.1) is 0 Å². The van der Waals surface area contributed by atoms with Crippen molar-refractivity contribution in [3.8, 4) is 0 Å². The molecule has 0 aromatic carbocycles. The maximum absolute atomic E-state index is 3.66. The summed E-state index contributed by atoms with van der Waals surface area (Å²) >= 11 is 3.66. The SMILES string of the molecule is BrC1CC1C1CC=CCC1. The van der Waals surface area contributed by atoms with E-state index in [1.807, 2.05) is 0 Å². The van der Waals surface area contributed by atoms with E-state index in [2.05, 4.69) is 28.1 Å². The van der Waals surface area contributed by atoms with Crippen LogP contribution in [-0.2, 0) is 0 Å². The lowest BCUT2D eigenvalue weighted by molar-refractivity contribution is 0.426. The van der Waals surface area contributed by atoms with Gasteiger partial charge in [-0.05, 0) is 37.5 Å². The van der Waals surface area contributed by atoms with Gasteiger partial charge in [-0.25, -0.2) is 0 Å². The lowest BCUT2D eigenvalue weighted by Crippen LogP contribution is -2.05. The van der Waals surface area contributed by atoms with E-state index >= 15 is 0 Å². The summed E-state index contributed by atoms with van der Waals surface area (Å²) in [6, 6.07) is 0. The van der Waals surface area contributed by atoms with Crippen LogP contribution in [0.1, 0.15) is 25.7 Å². The molecular formula is C9H13Br. The van der Waals surface area contributed by atoms with Crippen LogP contribution >= 0.6 is 15.9 Å². The third-order valence-electron chi connectivity index (χ3n) is 2.67. The Balaban J connectivity index is 1.88. The van der Waals surface area contributed by atoms with Crippen LogP contribution in [0.25, 0.3) is 0 Å². The van der Waals surface area contributed by atoms with Crippen LogP contribution in [-0.4, -0.2) is 4.83 Å². The van der Waals surface area contributed by atoms with Gasteiger partial charge in [0.25, 0.3) is 0 Å². The quantitative estimate of drug-likeness (QED) is 0.451. The van der Waals surface area contributed by atoms with Gasteiger partial charge in [0.1, 0.15) is 0 Å². The monoisotopic (exact) mass is 200 g/mol. The first-order valence-electron chi connectivity index (χ1n) is 4.17. The molecule has 0 amide bonds. The number of allylic oxidation sites excluding steroid dienone is 2. The van der Waals surface area contributed by atoms with E-state index in [0.717, 1.165) is 16.7 Å². The summed E-state index contributed by atoms with van der Waals surface area (Å²) in [7, 11) is 0. The second-order valence-electron chi connectivity index (χ2n) is 3.46. The van der Waals surface area contributed by atoms with Crippen molar-refractivity contribution in [3.05, 3.63) is 12.2 Å². The molecule has 0 saturated heterocycles. The maximum Gasteiger partial charge on any atom is 0.0180 e. The van der Waals surface area contributed by atoms with Gasteiger partial charge in [-0.15, -0.1) is 0 Å². The fraction of sp³-hybridized carbons (Fsp3) is 0.778. The first-order valence-corrected chi connectivity index (χ1v) is 5.08. The van der Waals surface area contributed by atoms with Gasteiger partial charge < -0.3 is 0 Å². The summed E-state index contributed by atoms with van der Waals surface area (Å²) in [5.74, 6) is 2.03. The van der Waals surface area contributed by atoms with Crippen molar-refractivity contribution in [3.63, 3.8) is 0 Å². The number of hydrogen-bond donors (Lipinski definition) is 0. The molecule has 2 aliphatic carbocycles. The van der Waals surface area contributed by atoms with Gasteiger partial charge in [0.2, 0.25) is 0 Å². The Labute approximate surface area is 70.8 Å². The predicted octanol–water partition coefficient (Wildman–Crippen LogP) is 3.13. The van der Waals surface area contributed by atoms with E-state index in [4.69, 9.17) is 0 Å². The fourth-order valence-electron chi connectivity index (χ4n) is 1.88. The number of rotatable bonds is 1. The molecule has 2 aliphatic rings. The Morgan fingerprint density at radius 1 is 1.30 bits per heavy atom. The van der Waals surface area contributed by atoms with Crippen molar-refractivity contribution in [1.82, 2.24) is 0 Å². The molecule has 0 heterocycles. The zero-order valence-electron chi connectivity index (χ0n) is 6.09. The van der Waals surface area contributed by atoms with Crippen LogP contribution in [0.15, 0.2) is 12.2 Å². The van der Waals surface area contributed by atoms with Crippen LogP contribution in [0.3, 0.4) is 0 Å². The molecule has 0 bridgehead atoms. The van der Waals surface area contributed by atoms with Gasteiger partial charge in [-0.2, -0.15) is 0 Å². The molecule has 0 nitrogen and oxygen atoms in total. The molecule has 2 rings (SSSR count).